The third kappa shape index (κ3) is 3.32. The minimum absolute atomic E-state index is 0.00485. The van der Waals surface area contributed by atoms with Crippen molar-refractivity contribution in [1.29, 1.82) is 0 Å². The van der Waals surface area contributed by atoms with Crippen LogP contribution in [0.25, 0.3) is 11.3 Å². The zero-order chi connectivity index (χ0) is 14.7. The van der Waals surface area contributed by atoms with E-state index in [0.29, 0.717) is 0 Å². The Kier molecular flexibility index (Phi) is 5.02. The molecule has 0 saturated heterocycles. The quantitative estimate of drug-likeness (QED) is 0.909. The van der Waals surface area contributed by atoms with Crippen LogP contribution in [0.3, 0.4) is 0 Å². The van der Waals surface area contributed by atoms with Crippen molar-refractivity contribution in [3.63, 3.8) is 0 Å². The fraction of sp³-hybridized carbons (Fsp3) is 0.400. The summed E-state index contributed by atoms with van der Waals surface area (Å²) in [6.45, 7) is 8.98. The maximum atomic E-state index is 11.7. The molecule has 0 atom stereocenters. The molecule has 0 aliphatic heterocycles. The van der Waals surface area contributed by atoms with Gasteiger partial charge >= 0.3 is 4.87 Å². The zero-order valence-electron chi connectivity index (χ0n) is 12.0. The molecular weight excluding hydrogens is 292 g/mol. The zero-order valence-corrected chi connectivity index (χ0v) is 13.6. The molecule has 108 valence electrons. The highest BCUT2D eigenvalue weighted by molar-refractivity contribution is 7.09. The lowest BCUT2D eigenvalue weighted by molar-refractivity contribution is 0.298. The van der Waals surface area contributed by atoms with E-state index >= 15 is 0 Å². The summed E-state index contributed by atoms with van der Waals surface area (Å²) in [5.41, 5.74) is 2.96. The molecular formula is C15H19ClN2OS. The largest absolute Gasteiger partial charge is 0.312 e. The van der Waals surface area contributed by atoms with Crippen molar-refractivity contribution in [1.82, 2.24) is 9.88 Å². The van der Waals surface area contributed by atoms with Crippen molar-refractivity contribution in [2.45, 2.75) is 27.3 Å². The van der Waals surface area contributed by atoms with Crippen LogP contribution in [0.15, 0.2) is 23.0 Å². The molecule has 0 amide bonds. The van der Waals surface area contributed by atoms with Crippen LogP contribution in [0.2, 0.25) is 5.02 Å². The molecule has 1 aromatic heterocycles. The van der Waals surface area contributed by atoms with Crippen molar-refractivity contribution >= 4 is 22.9 Å². The minimum Gasteiger partial charge on any atom is -0.312 e. The van der Waals surface area contributed by atoms with Gasteiger partial charge in [-0.1, -0.05) is 42.9 Å². The summed E-state index contributed by atoms with van der Waals surface area (Å²) in [6.07, 6.45) is 0. The Hall–Kier alpha value is -1.10. The highest BCUT2D eigenvalue weighted by atomic mass is 35.5. The smallest absolute Gasteiger partial charge is 0.305 e. The van der Waals surface area contributed by atoms with Crippen LogP contribution in [0.1, 0.15) is 24.3 Å². The van der Waals surface area contributed by atoms with Gasteiger partial charge in [-0.25, -0.2) is 0 Å². The Morgan fingerprint density at radius 1 is 1.30 bits per heavy atom. The van der Waals surface area contributed by atoms with Crippen LogP contribution in [-0.4, -0.2) is 23.0 Å². The van der Waals surface area contributed by atoms with Crippen molar-refractivity contribution in [2.24, 2.45) is 0 Å². The summed E-state index contributed by atoms with van der Waals surface area (Å²) in [6, 6.07) is 5.86. The lowest BCUT2D eigenvalue weighted by atomic mass is 10.1. The summed E-state index contributed by atoms with van der Waals surface area (Å²) in [5.74, 6) is 0. The number of nitrogens with zero attached hydrogens (tertiary/aromatic N) is 1. The predicted octanol–water partition coefficient (Wildman–Crippen LogP) is 3.91. The molecule has 0 bridgehead atoms. The third-order valence-electron chi connectivity index (χ3n) is 3.43. The van der Waals surface area contributed by atoms with E-state index in [1.165, 1.54) is 11.3 Å². The fourth-order valence-electron chi connectivity index (χ4n) is 2.16. The van der Waals surface area contributed by atoms with Crippen LogP contribution in [0, 0.1) is 6.92 Å². The lowest BCUT2D eigenvalue weighted by Crippen LogP contribution is -2.21. The van der Waals surface area contributed by atoms with E-state index in [9.17, 15) is 4.79 Å². The van der Waals surface area contributed by atoms with Crippen LogP contribution < -0.4 is 4.87 Å². The molecule has 0 radical (unpaired) electrons. The summed E-state index contributed by atoms with van der Waals surface area (Å²) in [7, 11) is 0. The van der Waals surface area contributed by atoms with Crippen LogP contribution in [0.5, 0.6) is 0 Å². The van der Waals surface area contributed by atoms with Crippen LogP contribution in [0.4, 0.5) is 0 Å². The highest BCUT2D eigenvalue weighted by Crippen LogP contribution is 2.27. The Bertz CT molecular complexity index is 644. The number of aromatic amines is 1. The second kappa shape index (κ2) is 6.57. The van der Waals surface area contributed by atoms with Crippen LogP contribution in [-0.2, 0) is 6.54 Å². The molecule has 1 N–H and O–H groups in total. The molecule has 5 heteroatoms. The average Bonchev–Trinajstić information content (AvgIpc) is 2.80. The number of hydrogen-bond donors (Lipinski definition) is 1. The van der Waals surface area contributed by atoms with Gasteiger partial charge in [0.25, 0.3) is 0 Å². The monoisotopic (exact) mass is 310 g/mol. The molecule has 0 saturated carbocycles. The molecule has 0 unspecified atom stereocenters. The van der Waals surface area contributed by atoms with E-state index in [4.69, 9.17) is 11.6 Å². The number of aromatic nitrogens is 1. The Balaban J connectivity index is 2.41. The van der Waals surface area contributed by atoms with Crippen LogP contribution >= 0.6 is 22.9 Å². The van der Waals surface area contributed by atoms with Gasteiger partial charge in [0.2, 0.25) is 0 Å². The first kappa shape index (κ1) is 15.3. The number of thiazole rings is 1. The first-order chi connectivity index (χ1) is 9.55. The van der Waals surface area contributed by atoms with Crippen molar-refractivity contribution < 1.29 is 0 Å². The third-order valence-corrected chi connectivity index (χ3v) is 4.72. The summed E-state index contributed by atoms with van der Waals surface area (Å²) < 4.78 is 0. The molecule has 0 spiro atoms. The van der Waals surface area contributed by atoms with Gasteiger partial charge in [0.1, 0.15) is 0 Å². The predicted molar refractivity (Wildman–Crippen MR) is 86.7 cm³/mol. The maximum absolute atomic E-state index is 11.7. The molecule has 0 aliphatic rings. The maximum Gasteiger partial charge on any atom is 0.305 e. The number of aryl methyl sites for hydroxylation is 1. The number of nitrogens with one attached hydrogen (secondary N) is 1. The molecule has 20 heavy (non-hydrogen) atoms. The SMILES string of the molecule is CCN(CC)Cc1sc(=O)[nH]c1-c1ccc(Cl)c(C)c1. The van der Waals surface area contributed by atoms with Gasteiger partial charge < -0.3 is 4.98 Å². The minimum atomic E-state index is -0.00485. The van der Waals surface area contributed by atoms with Crippen molar-refractivity contribution in [3.8, 4) is 11.3 Å². The van der Waals surface area contributed by atoms with E-state index in [1.54, 1.807) is 0 Å². The van der Waals surface area contributed by atoms with Crippen molar-refractivity contribution in [3.05, 3.63) is 43.3 Å². The van der Waals surface area contributed by atoms with E-state index in [-0.39, 0.29) is 4.87 Å². The average molecular weight is 311 g/mol. The lowest BCUT2D eigenvalue weighted by Gasteiger charge is -2.17. The molecule has 2 rings (SSSR count). The van der Waals surface area contributed by atoms with Gasteiger partial charge in [-0.2, -0.15) is 0 Å². The van der Waals surface area contributed by atoms with Gasteiger partial charge in [-0.05, 0) is 43.3 Å². The molecule has 2 aromatic rings. The van der Waals surface area contributed by atoms with E-state index < -0.39 is 0 Å². The standard InChI is InChI=1S/C15H19ClN2OS/c1-4-18(5-2)9-13-14(17-15(19)20-13)11-6-7-12(16)10(3)8-11/h6-8H,4-5,9H2,1-3H3,(H,17,19). The Morgan fingerprint density at radius 3 is 2.60 bits per heavy atom. The number of halogens is 1. The topological polar surface area (TPSA) is 36.1 Å². The second-order valence-corrected chi connectivity index (χ2v) is 6.21. The molecule has 0 fully saturated rings. The molecule has 1 heterocycles. The number of hydrogen-bond acceptors (Lipinski definition) is 3. The number of rotatable bonds is 5. The van der Waals surface area contributed by atoms with Gasteiger partial charge in [-0.3, -0.25) is 9.69 Å². The summed E-state index contributed by atoms with van der Waals surface area (Å²) in [5, 5.41) is 0.747. The van der Waals surface area contributed by atoms with Gasteiger partial charge in [0.05, 0.1) is 5.69 Å². The van der Waals surface area contributed by atoms with Gasteiger partial charge in [0, 0.05) is 16.4 Å². The fourth-order valence-corrected chi connectivity index (χ4v) is 3.17. The second-order valence-electron chi connectivity index (χ2n) is 4.74. The highest BCUT2D eigenvalue weighted by Gasteiger charge is 2.13. The normalized spacial score (nSPS) is 11.2. The van der Waals surface area contributed by atoms with Crippen molar-refractivity contribution in [2.75, 3.05) is 13.1 Å². The summed E-state index contributed by atoms with van der Waals surface area (Å²) in [4.78, 5) is 18.0. The molecule has 1 aromatic carbocycles. The van der Waals surface area contributed by atoms with E-state index in [0.717, 1.165) is 46.4 Å². The number of benzene rings is 1. The van der Waals surface area contributed by atoms with Gasteiger partial charge in [0.15, 0.2) is 0 Å². The first-order valence-corrected chi connectivity index (χ1v) is 7.95. The van der Waals surface area contributed by atoms with Gasteiger partial charge in [-0.15, -0.1) is 0 Å². The number of H-pyrrole nitrogens is 1. The van der Waals surface area contributed by atoms with E-state index in [2.05, 4.69) is 23.7 Å². The Morgan fingerprint density at radius 2 is 2.00 bits per heavy atom. The molecule has 3 nitrogen and oxygen atoms in total. The summed E-state index contributed by atoms with van der Waals surface area (Å²) >= 11 is 7.36. The Labute approximate surface area is 128 Å². The van der Waals surface area contributed by atoms with E-state index in [1.807, 2.05) is 25.1 Å². The molecule has 0 aliphatic carbocycles. The first-order valence-electron chi connectivity index (χ1n) is 6.76.